The lowest BCUT2D eigenvalue weighted by molar-refractivity contribution is 0.231. The van der Waals surface area contributed by atoms with Gasteiger partial charge >= 0.3 is 6.03 Å². The topological polar surface area (TPSA) is 68.2 Å². The number of nitrogens with zero attached hydrogens (tertiary/aromatic N) is 2. The van der Waals surface area contributed by atoms with E-state index in [9.17, 15) is 4.79 Å². The molecule has 0 bridgehead atoms. The first-order valence-corrected chi connectivity index (χ1v) is 7.89. The molecule has 0 saturated heterocycles. The molecule has 0 aliphatic carbocycles. The molecule has 1 aliphatic rings. The van der Waals surface area contributed by atoms with Gasteiger partial charge in [-0.3, -0.25) is 0 Å². The highest BCUT2D eigenvalue weighted by atomic mass is 16.5. The second kappa shape index (κ2) is 6.73. The van der Waals surface area contributed by atoms with E-state index < -0.39 is 0 Å². The van der Waals surface area contributed by atoms with E-state index >= 15 is 0 Å². The van der Waals surface area contributed by atoms with Crippen LogP contribution in [-0.4, -0.2) is 22.2 Å². The summed E-state index contributed by atoms with van der Waals surface area (Å²) in [6.07, 6.45) is 3.70. The number of hydrogen-bond donors (Lipinski definition) is 2. The van der Waals surface area contributed by atoms with Crippen LogP contribution in [0.5, 0.6) is 5.75 Å². The van der Waals surface area contributed by atoms with Crippen molar-refractivity contribution in [1.82, 2.24) is 20.2 Å². The quantitative estimate of drug-likeness (QED) is 0.891. The first kappa shape index (κ1) is 15.4. The third kappa shape index (κ3) is 3.64. The van der Waals surface area contributed by atoms with Gasteiger partial charge in [-0.2, -0.15) is 0 Å². The molecule has 2 N–H and O–H groups in total. The Bertz CT molecular complexity index is 681. The molecule has 0 spiro atoms. The maximum atomic E-state index is 12.1. The summed E-state index contributed by atoms with van der Waals surface area (Å²) in [4.78, 5) is 16.4. The Morgan fingerprint density at radius 2 is 2.26 bits per heavy atom. The zero-order valence-corrected chi connectivity index (χ0v) is 13.5. The average Bonchev–Trinajstić information content (AvgIpc) is 3.12. The molecule has 1 aromatic heterocycles. The Kier molecular flexibility index (Phi) is 4.50. The van der Waals surface area contributed by atoms with Gasteiger partial charge in [0.25, 0.3) is 0 Å². The summed E-state index contributed by atoms with van der Waals surface area (Å²) in [5.41, 5.74) is 1.02. The van der Waals surface area contributed by atoms with Crippen molar-refractivity contribution in [1.29, 1.82) is 0 Å². The molecule has 23 heavy (non-hydrogen) atoms. The average molecular weight is 314 g/mol. The summed E-state index contributed by atoms with van der Waals surface area (Å²) in [7, 11) is 0. The molecule has 122 valence electrons. The van der Waals surface area contributed by atoms with Crippen LogP contribution in [0.3, 0.4) is 0 Å². The highest BCUT2D eigenvalue weighted by Crippen LogP contribution is 2.31. The van der Waals surface area contributed by atoms with E-state index in [0.29, 0.717) is 19.1 Å². The third-order valence-electron chi connectivity index (χ3n) is 3.78. The Labute approximate surface area is 135 Å². The van der Waals surface area contributed by atoms with Crippen LogP contribution in [0, 0.1) is 5.92 Å². The van der Waals surface area contributed by atoms with Crippen molar-refractivity contribution >= 4 is 6.03 Å². The number of urea groups is 1. The van der Waals surface area contributed by atoms with Gasteiger partial charge in [0, 0.05) is 24.5 Å². The number of para-hydroxylation sites is 1. The molecule has 1 unspecified atom stereocenters. The molecule has 2 heterocycles. The lowest BCUT2D eigenvalue weighted by Crippen LogP contribution is -2.38. The number of fused-ring (bicyclic) bond motifs is 1. The van der Waals surface area contributed by atoms with Crippen LogP contribution in [-0.2, 0) is 13.1 Å². The van der Waals surface area contributed by atoms with Crippen molar-refractivity contribution in [3.63, 3.8) is 0 Å². The highest BCUT2D eigenvalue weighted by molar-refractivity contribution is 5.74. The smallest absolute Gasteiger partial charge is 0.315 e. The molecule has 1 aliphatic heterocycles. The number of aromatic nitrogens is 2. The lowest BCUT2D eigenvalue weighted by Gasteiger charge is -2.14. The summed E-state index contributed by atoms with van der Waals surface area (Å²) in [6.45, 7) is 6.07. The number of ether oxygens (including phenoxy) is 1. The molecule has 1 aromatic carbocycles. The van der Waals surface area contributed by atoms with E-state index in [4.69, 9.17) is 4.74 Å². The normalized spacial score (nSPS) is 16.0. The molecule has 2 amide bonds. The molecular formula is C17H22N4O2. The van der Waals surface area contributed by atoms with Crippen LogP contribution >= 0.6 is 0 Å². The molecule has 0 fully saturated rings. The molecule has 1 atom stereocenters. The Balaban J connectivity index is 1.54. The maximum Gasteiger partial charge on any atom is 0.315 e. The van der Waals surface area contributed by atoms with Crippen molar-refractivity contribution in [3.8, 4) is 5.75 Å². The molecule has 2 aromatic rings. The summed E-state index contributed by atoms with van der Waals surface area (Å²) in [5.74, 6) is 2.23. The number of amides is 2. The summed E-state index contributed by atoms with van der Waals surface area (Å²) < 4.78 is 7.63. The minimum absolute atomic E-state index is 0.110. The number of imidazole rings is 1. The van der Waals surface area contributed by atoms with Gasteiger partial charge < -0.3 is 19.9 Å². The molecule has 6 heteroatoms. The minimum Gasteiger partial charge on any atom is -0.491 e. The molecular weight excluding hydrogens is 292 g/mol. The van der Waals surface area contributed by atoms with E-state index in [-0.39, 0.29) is 12.1 Å². The van der Waals surface area contributed by atoms with Gasteiger partial charge in [-0.05, 0) is 12.0 Å². The first-order chi connectivity index (χ1) is 11.1. The Morgan fingerprint density at radius 1 is 1.43 bits per heavy atom. The van der Waals surface area contributed by atoms with Crippen LogP contribution in [0.15, 0.2) is 36.7 Å². The Hall–Kier alpha value is -2.50. The standard InChI is InChI=1S/C17H22N4O2/c1-12(2)10-21-8-7-18-16(21)9-19-17(22)20-14-11-23-15-6-4-3-5-13(14)15/h3-8,12,14H,9-11H2,1-2H3,(H2,19,20,22). The van der Waals surface area contributed by atoms with Gasteiger partial charge in [0.15, 0.2) is 0 Å². The van der Waals surface area contributed by atoms with Crippen LogP contribution in [0.1, 0.15) is 31.3 Å². The van der Waals surface area contributed by atoms with Crippen molar-refractivity contribution in [2.24, 2.45) is 5.92 Å². The highest BCUT2D eigenvalue weighted by Gasteiger charge is 2.24. The van der Waals surface area contributed by atoms with Crippen LogP contribution < -0.4 is 15.4 Å². The zero-order chi connectivity index (χ0) is 16.2. The van der Waals surface area contributed by atoms with Crippen molar-refractivity contribution in [2.45, 2.75) is 33.0 Å². The minimum atomic E-state index is -0.214. The van der Waals surface area contributed by atoms with Crippen LogP contribution in [0.4, 0.5) is 4.79 Å². The van der Waals surface area contributed by atoms with Crippen molar-refractivity contribution in [2.75, 3.05) is 6.61 Å². The fourth-order valence-corrected chi connectivity index (χ4v) is 2.72. The molecule has 0 saturated carbocycles. The number of nitrogens with one attached hydrogen (secondary N) is 2. The molecule has 0 radical (unpaired) electrons. The fraction of sp³-hybridized carbons (Fsp3) is 0.412. The lowest BCUT2D eigenvalue weighted by atomic mass is 10.1. The van der Waals surface area contributed by atoms with E-state index in [2.05, 4.69) is 34.0 Å². The number of carbonyl (C=O) groups is 1. The van der Waals surface area contributed by atoms with Crippen molar-refractivity contribution in [3.05, 3.63) is 48.0 Å². The summed E-state index contributed by atoms with van der Waals surface area (Å²) >= 11 is 0. The predicted octanol–water partition coefficient (Wildman–Crippen LogP) is 2.47. The zero-order valence-electron chi connectivity index (χ0n) is 13.5. The fourth-order valence-electron chi connectivity index (χ4n) is 2.72. The molecule has 3 rings (SSSR count). The van der Waals surface area contributed by atoms with E-state index in [1.807, 2.05) is 30.5 Å². The van der Waals surface area contributed by atoms with Crippen LogP contribution in [0.2, 0.25) is 0 Å². The summed E-state index contributed by atoms with van der Waals surface area (Å²) in [5, 5.41) is 5.81. The van der Waals surface area contributed by atoms with Gasteiger partial charge in [-0.25, -0.2) is 9.78 Å². The van der Waals surface area contributed by atoms with Gasteiger partial charge in [-0.1, -0.05) is 32.0 Å². The van der Waals surface area contributed by atoms with Crippen molar-refractivity contribution < 1.29 is 9.53 Å². The van der Waals surface area contributed by atoms with Gasteiger partial charge in [-0.15, -0.1) is 0 Å². The van der Waals surface area contributed by atoms with Gasteiger partial charge in [0.2, 0.25) is 0 Å². The number of rotatable bonds is 5. The Morgan fingerprint density at radius 3 is 3.09 bits per heavy atom. The third-order valence-corrected chi connectivity index (χ3v) is 3.78. The number of carbonyl (C=O) groups excluding carboxylic acids is 1. The summed E-state index contributed by atoms with van der Waals surface area (Å²) in [6, 6.07) is 7.44. The predicted molar refractivity (Wildman–Crippen MR) is 87.1 cm³/mol. The van der Waals surface area contributed by atoms with E-state index in [1.165, 1.54) is 0 Å². The van der Waals surface area contributed by atoms with E-state index in [0.717, 1.165) is 23.7 Å². The largest absolute Gasteiger partial charge is 0.491 e. The SMILES string of the molecule is CC(C)Cn1ccnc1CNC(=O)NC1COc2ccccc21. The van der Waals surface area contributed by atoms with Gasteiger partial charge in [0.1, 0.15) is 18.2 Å². The molecule has 6 nitrogen and oxygen atoms in total. The maximum absolute atomic E-state index is 12.1. The van der Waals surface area contributed by atoms with Gasteiger partial charge in [0.05, 0.1) is 12.6 Å². The second-order valence-corrected chi connectivity index (χ2v) is 6.12. The van der Waals surface area contributed by atoms with E-state index in [1.54, 1.807) is 6.20 Å². The number of hydrogen-bond acceptors (Lipinski definition) is 3. The van der Waals surface area contributed by atoms with Crippen LogP contribution in [0.25, 0.3) is 0 Å². The monoisotopic (exact) mass is 314 g/mol. The first-order valence-electron chi connectivity index (χ1n) is 7.89. The number of benzene rings is 1. The second-order valence-electron chi connectivity index (χ2n) is 6.12.